The number of unbranched alkanes of at least 4 members (excludes halogenated alkanes) is 1. The van der Waals surface area contributed by atoms with Crippen LogP contribution in [-0.2, 0) is 4.79 Å². The summed E-state index contributed by atoms with van der Waals surface area (Å²) in [6.07, 6.45) is 4.07. The zero-order valence-corrected chi connectivity index (χ0v) is 7.39. The molecular weight excluding hydrogens is 140 g/mol. The molecule has 66 valence electrons. The van der Waals surface area contributed by atoms with Gasteiger partial charge in [0.1, 0.15) is 0 Å². The zero-order valence-electron chi connectivity index (χ0n) is 7.39. The number of rotatable bonds is 5. The van der Waals surface area contributed by atoms with Crippen LogP contribution in [-0.4, -0.2) is 5.91 Å². The highest BCUT2D eigenvalue weighted by Crippen LogP contribution is 2.11. The van der Waals surface area contributed by atoms with Gasteiger partial charge in [0.25, 0.3) is 0 Å². The number of carbonyl (C=O) groups is 1. The smallest absolute Gasteiger partial charge is 0.236 e. The number of nitrogens with two attached hydrogens (primary N) is 1. The molecule has 0 aliphatic carbocycles. The Morgan fingerprint density at radius 3 is 2.55 bits per heavy atom. The molecule has 0 aliphatic heterocycles. The Kier molecular flexibility index (Phi) is 5.84. The normalized spacial score (nSPS) is 12.6. The van der Waals surface area contributed by atoms with Crippen molar-refractivity contribution in [1.82, 2.24) is 5.43 Å². The van der Waals surface area contributed by atoms with Crippen molar-refractivity contribution in [2.45, 2.75) is 39.5 Å². The minimum atomic E-state index is -0.0269. The van der Waals surface area contributed by atoms with E-state index in [1.54, 1.807) is 0 Å². The summed E-state index contributed by atoms with van der Waals surface area (Å²) in [7, 11) is 0. The fraction of sp³-hybridized carbons (Fsp3) is 0.875. The van der Waals surface area contributed by atoms with Crippen LogP contribution in [0.3, 0.4) is 0 Å². The largest absolute Gasteiger partial charge is 0.294 e. The van der Waals surface area contributed by atoms with E-state index in [1.807, 2.05) is 6.92 Å². The molecule has 0 radical (unpaired) electrons. The molecule has 0 aromatic rings. The Morgan fingerprint density at radius 1 is 1.55 bits per heavy atom. The van der Waals surface area contributed by atoms with E-state index in [9.17, 15) is 4.79 Å². The van der Waals surface area contributed by atoms with Crippen molar-refractivity contribution in [3.8, 4) is 0 Å². The molecule has 0 saturated carbocycles. The van der Waals surface area contributed by atoms with Crippen molar-refractivity contribution in [1.29, 1.82) is 0 Å². The van der Waals surface area contributed by atoms with Gasteiger partial charge in [-0.15, -0.1) is 0 Å². The summed E-state index contributed by atoms with van der Waals surface area (Å²) in [4.78, 5) is 11.0. The maximum atomic E-state index is 11.0. The molecule has 11 heavy (non-hydrogen) atoms. The average molecular weight is 158 g/mol. The van der Waals surface area contributed by atoms with E-state index in [0.29, 0.717) is 0 Å². The fourth-order valence-corrected chi connectivity index (χ4v) is 1.09. The second-order valence-corrected chi connectivity index (χ2v) is 2.76. The average Bonchev–Trinajstić information content (AvgIpc) is 2.05. The molecule has 0 aliphatic rings. The van der Waals surface area contributed by atoms with Crippen molar-refractivity contribution in [3.63, 3.8) is 0 Å². The Balaban J connectivity index is 3.65. The van der Waals surface area contributed by atoms with Crippen LogP contribution < -0.4 is 11.3 Å². The highest BCUT2D eigenvalue weighted by molar-refractivity contribution is 5.77. The molecule has 3 nitrogen and oxygen atoms in total. The Hall–Kier alpha value is -0.570. The first kappa shape index (κ1) is 10.4. The molecule has 0 spiro atoms. The minimum absolute atomic E-state index is 0.0269. The van der Waals surface area contributed by atoms with Gasteiger partial charge in [0.2, 0.25) is 5.91 Å². The van der Waals surface area contributed by atoms with E-state index in [-0.39, 0.29) is 11.8 Å². The van der Waals surface area contributed by atoms with Gasteiger partial charge in [-0.25, -0.2) is 5.84 Å². The lowest BCUT2D eigenvalue weighted by molar-refractivity contribution is -0.125. The Bertz CT molecular complexity index is 115. The number of hydrazine groups is 1. The maximum absolute atomic E-state index is 11.0. The predicted molar refractivity (Wildman–Crippen MR) is 45.6 cm³/mol. The molecule has 0 aromatic heterocycles. The van der Waals surface area contributed by atoms with Crippen LogP contribution in [0, 0.1) is 5.92 Å². The van der Waals surface area contributed by atoms with E-state index in [0.717, 1.165) is 25.7 Å². The van der Waals surface area contributed by atoms with E-state index >= 15 is 0 Å². The van der Waals surface area contributed by atoms with Gasteiger partial charge in [-0.1, -0.05) is 26.7 Å². The SMILES string of the molecule is CCCC[C@H](CC)C(=O)NN. The lowest BCUT2D eigenvalue weighted by Gasteiger charge is -2.11. The standard InChI is InChI=1S/C8H18N2O/c1-3-5-6-7(4-2)8(11)10-9/h7H,3-6,9H2,1-2H3,(H,10,11)/t7-/m0/s1. The molecule has 0 rings (SSSR count). The highest BCUT2D eigenvalue weighted by Gasteiger charge is 2.13. The third-order valence-electron chi connectivity index (χ3n) is 1.91. The lowest BCUT2D eigenvalue weighted by Crippen LogP contribution is -2.35. The molecule has 0 heterocycles. The summed E-state index contributed by atoms with van der Waals surface area (Å²) in [5, 5.41) is 0. The van der Waals surface area contributed by atoms with Crippen molar-refractivity contribution >= 4 is 5.91 Å². The first-order chi connectivity index (χ1) is 5.26. The van der Waals surface area contributed by atoms with Crippen LogP contribution in [0.2, 0.25) is 0 Å². The monoisotopic (exact) mass is 158 g/mol. The van der Waals surface area contributed by atoms with Gasteiger partial charge >= 0.3 is 0 Å². The molecule has 0 saturated heterocycles. The first-order valence-electron chi connectivity index (χ1n) is 4.26. The number of carbonyl (C=O) groups excluding carboxylic acids is 1. The molecule has 0 fully saturated rings. The van der Waals surface area contributed by atoms with Gasteiger partial charge in [0.15, 0.2) is 0 Å². The number of hydrogen-bond acceptors (Lipinski definition) is 2. The number of hydrogen-bond donors (Lipinski definition) is 2. The van der Waals surface area contributed by atoms with Crippen molar-refractivity contribution in [3.05, 3.63) is 0 Å². The van der Waals surface area contributed by atoms with Crippen LogP contribution in [0.1, 0.15) is 39.5 Å². The zero-order chi connectivity index (χ0) is 8.69. The predicted octanol–water partition coefficient (Wildman–Crippen LogP) is 1.19. The molecule has 0 unspecified atom stereocenters. The summed E-state index contributed by atoms with van der Waals surface area (Å²) >= 11 is 0. The minimum Gasteiger partial charge on any atom is -0.294 e. The van der Waals surface area contributed by atoms with E-state index in [2.05, 4.69) is 12.3 Å². The van der Waals surface area contributed by atoms with Crippen LogP contribution in [0.4, 0.5) is 0 Å². The van der Waals surface area contributed by atoms with E-state index in [4.69, 9.17) is 5.84 Å². The van der Waals surface area contributed by atoms with Crippen LogP contribution in [0.15, 0.2) is 0 Å². The van der Waals surface area contributed by atoms with Crippen LogP contribution >= 0.6 is 0 Å². The van der Waals surface area contributed by atoms with Gasteiger partial charge in [-0.2, -0.15) is 0 Å². The van der Waals surface area contributed by atoms with Gasteiger partial charge in [0.05, 0.1) is 0 Å². The van der Waals surface area contributed by atoms with Gasteiger partial charge in [-0.3, -0.25) is 10.2 Å². The highest BCUT2D eigenvalue weighted by atomic mass is 16.2. The van der Waals surface area contributed by atoms with Crippen molar-refractivity contribution in [2.24, 2.45) is 11.8 Å². The summed E-state index contributed by atoms with van der Waals surface area (Å²) in [6.45, 7) is 4.13. The molecule has 0 aromatic carbocycles. The molecule has 1 atom stereocenters. The molecule has 0 bridgehead atoms. The molecule has 3 N–H and O–H groups in total. The second kappa shape index (κ2) is 6.16. The summed E-state index contributed by atoms with van der Waals surface area (Å²) in [5.74, 6) is 5.10. The number of amides is 1. The Labute approximate surface area is 68.3 Å². The molecular formula is C8H18N2O. The second-order valence-electron chi connectivity index (χ2n) is 2.76. The molecule has 1 amide bonds. The summed E-state index contributed by atoms with van der Waals surface area (Å²) in [6, 6.07) is 0. The summed E-state index contributed by atoms with van der Waals surface area (Å²) in [5.41, 5.74) is 2.19. The van der Waals surface area contributed by atoms with Crippen LogP contribution in [0.25, 0.3) is 0 Å². The van der Waals surface area contributed by atoms with Crippen molar-refractivity contribution in [2.75, 3.05) is 0 Å². The maximum Gasteiger partial charge on any atom is 0.236 e. The van der Waals surface area contributed by atoms with Crippen LogP contribution in [0.5, 0.6) is 0 Å². The lowest BCUT2D eigenvalue weighted by atomic mass is 9.99. The summed E-state index contributed by atoms with van der Waals surface area (Å²) < 4.78 is 0. The van der Waals surface area contributed by atoms with Gasteiger partial charge < -0.3 is 0 Å². The fourth-order valence-electron chi connectivity index (χ4n) is 1.09. The Morgan fingerprint density at radius 2 is 2.18 bits per heavy atom. The third-order valence-corrected chi connectivity index (χ3v) is 1.91. The van der Waals surface area contributed by atoms with Gasteiger partial charge in [-0.05, 0) is 12.8 Å². The van der Waals surface area contributed by atoms with Gasteiger partial charge in [0, 0.05) is 5.92 Å². The van der Waals surface area contributed by atoms with Crippen molar-refractivity contribution < 1.29 is 4.79 Å². The van der Waals surface area contributed by atoms with E-state index < -0.39 is 0 Å². The van der Waals surface area contributed by atoms with E-state index in [1.165, 1.54) is 0 Å². The topological polar surface area (TPSA) is 55.1 Å². The number of nitrogens with one attached hydrogen (secondary N) is 1. The first-order valence-corrected chi connectivity index (χ1v) is 4.26. The third kappa shape index (κ3) is 3.98. The molecule has 3 heteroatoms. The quantitative estimate of drug-likeness (QED) is 0.359.